The molecule has 1 amide bonds. The lowest BCUT2D eigenvalue weighted by Crippen LogP contribution is -2.37. The third kappa shape index (κ3) is 3.28. The highest BCUT2D eigenvalue weighted by Crippen LogP contribution is 2.25. The number of hydrogen-bond donors (Lipinski definition) is 2. The maximum Gasteiger partial charge on any atom is 0.284 e. The number of rotatable bonds is 5. The van der Waals surface area contributed by atoms with Crippen molar-refractivity contribution >= 4 is 29.0 Å². The van der Waals surface area contributed by atoms with Crippen molar-refractivity contribution < 1.29 is 13.9 Å². The van der Waals surface area contributed by atoms with Gasteiger partial charge in [0.1, 0.15) is 12.6 Å². The van der Waals surface area contributed by atoms with E-state index in [1.807, 2.05) is 0 Å². The lowest BCUT2D eigenvalue weighted by molar-refractivity contribution is 0.0974. The molecule has 0 saturated carbocycles. The molecule has 3 N–H and O–H groups in total. The van der Waals surface area contributed by atoms with E-state index in [4.69, 9.17) is 14.9 Å². The number of furan rings is 1. The highest BCUT2D eigenvalue weighted by Gasteiger charge is 2.16. The molecule has 0 radical (unpaired) electrons. The number of ether oxygens (including phenoxy) is 1. The van der Waals surface area contributed by atoms with Crippen LogP contribution in [0.25, 0.3) is 16.9 Å². The van der Waals surface area contributed by atoms with Crippen molar-refractivity contribution in [3.05, 3.63) is 43.0 Å². The zero-order valence-electron chi connectivity index (χ0n) is 15.7. The Kier molecular flexibility index (Phi) is 4.44. The Labute approximate surface area is 169 Å². The van der Waals surface area contributed by atoms with Gasteiger partial charge >= 0.3 is 0 Å². The molecule has 12 nitrogen and oxygen atoms in total. The van der Waals surface area contributed by atoms with Gasteiger partial charge in [0, 0.05) is 18.7 Å². The molecule has 4 aromatic rings. The minimum atomic E-state index is -0.650. The highest BCUT2D eigenvalue weighted by atomic mass is 16.5. The van der Waals surface area contributed by atoms with E-state index in [9.17, 15) is 4.79 Å². The number of nitrogens with two attached hydrogens (primary N) is 1. The SMILES string of the molecule is NC(=O)c1cc(-c2cnc(Nc3cnc(N4CCOCC4)nc3)c3ncnn23)co1. The maximum atomic E-state index is 11.3. The van der Waals surface area contributed by atoms with Gasteiger partial charge in [-0.05, 0) is 6.07 Å². The lowest BCUT2D eigenvalue weighted by Gasteiger charge is -2.26. The largest absolute Gasteiger partial charge is 0.458 e. The van der Waals surface area contributed by atoms with Crippen molar-refractivity contribution in [3.8, 4) is 11.3 Å². The second kappa shape index (κ2) is 7.40. The number of aromatic nitrogens is 6. The molecular weight excluding hydrogens is 390 g/mol. The number of nitrogens with zero attached hydrogens (tertiary/aromatic N) is 7. The summed E-state index contributed by atoms with van der Waals surface area (Å²) in [6, 6.07) is 1.53. The number of primary amides is 1. The molecule has 30 heavy (non-hydrogen) atoms. The molecule has 1 aliphatic heterocycles. The molecule has 12 heteroatoms. The molecule has 1 saturated heterocycles. The molecule has 0 atom stereocenters. The topological polar surface area (TPSA) is 150 Å². The van der Waals surface area contributed by atoms with Gasteiger partial charge in [0.2, 0.25) is 5.95 Å². The maximum absolute atomic E-state index is 11.3. The zero-order valence-corrected chi connectivity index (χ0v) is 15.7. The standard InChI is InChI=1S/C18H17N9O3/c19-15(28)14-5-11(9-30-14)13-8-20-16(17-23-10-24-27(13)17)25-12-6-21-18(22-7-12)26-1-3-29-4-2-26/h5-10H,1-4H2,(H2,19,28)(H,20,25). The van der Waals surface area contributed by atoms with E-state index < -0.39 is 5.91 Å². The number of carbonyl (C=O) groups excluding carboxylic acids is 1. The third-order valence-electron chi connectivity index (χ3n) is 4.64. The van der Waals surface area contributed by atoms with Gasteiger partial charge < -0.3 is 25.1 Å². The second-order valence-electron chi connectivity index (χ2n) is 6.55. The summed E-state index contributed by atoms with van der Waals surface area (Å²) in [6.07, 6.45) is 7.82. The van der Waals surface area contributed by atoms with E-state index in [-0.39, 0.29) is 5.76 Å². The Hall–Kier alpha value is -4.06. The molecule has 4 aromatic heterocycles. The van der Waals surface area contributed by atoms with Crippen LogP contribution < -0.4 is 16.0 Å². The first kappa shape index (κ1) is 18.0. The molecule has 0 aliphatic carbocycles. The van der Waals surface area contributed by atoms with Crippen molar-refractivity contribution in [1.29, 1.82) is 0 Å². The van der Waals surface area contributed by atoms with E-state index in [0.29, 0.717) is 47.6 Å². The molecule has 5 heterocycles. The summed E-state index contributed by atoms with van der Waals surface area (Å²) in [5.41, 5.74) is 7.62. The third-order valence-corrected chi connectivity index (χ3v) is 4.64. The second-order valence-corrected chi connectivity index (χ2v) is 6.55. The molecule has 0 aromatic carbocycles. The molecule has 0 bridgehead atoms. The quantitative estimate of drug-likeness (QED) is 0.487. The van der Waals surface area contributed by atoms with Crippen LogP contribution in [0.2, 0.25) is 0 Å². The van der Waals surface area contributed by atoms with E-state index in [1.165, 1.54) is 18.7 Å². The van der Waals surface area contributed by atoms with Gasteiger partial charge in [0.15, 0.2) is 17.2 Å². The van der Waals surface area contributed by atoms with Crippen LogP contribution in [0.3, 0.4) is 0 Å². The van der Waals surface area contributed by atoms with Crippen molar-refractivity contribution in [2.24, 2.45) is 5.73 Å². The Balaban J connectivity index is 1.41. The summed E-state index contributed by atoms with van der Waals surface area (Å²) in [5.74, 6) is 0.545. The first-order chi connectivity index (χ1) is 14.7. The summed E-state index contributed by atoms with van der Waals surface area (Å²) in [7, 11) is 0. The molecule has 152 valence electrons. The van der Waals surface area contributed by atoms with Crippen molar-refractivity contribution in [2.75, 3.05) is 36.5 Å². The van der Waals surface area contributed by atoms with Crippen LogP contribution in [0.1, 0.15) is 10.6 Å². The van der Waals surface area contributed by atoms with Gasteiger partial charge in [0.05, 0.1) is 43.2 Å². The fourth-order valence-corrected chi connectivity index (χ4v) is 3.15. The van der Waals surface area contributed by atoms with Crippen LogP contribution in [-0.4, -0.2) is 61.8 Å². The first-order valence-corrected chi connectivity index (χ1v) is 9.18. The fourth-order valence-electron chi connectivity index (χ4n) is 3.15. The van der Waals surface area contributed by atoms with Crippen LogP contribution in [0.15, 0.2) is 41.7 Å². The number of anilines is 3. The van der Waals surface area contributed by atoms with Crippen LogP contribution >= 0.6 is 0 Å². The average Bonchev–Trinajstić information content (AvgIpc) is 3.46. The summed E-state index contributed by atoms with van der Waals surface area (Å²) >= 11 is 0. The van der Waals surface area contributed by atoms with Gasteiger partial charge in [0.25, 0.3) is 5.91 Å². The summed E-state index contributed by atoms with van der Waals surface area (Å²) in [4.78, 5) is 30.9. The summed E-state index contributed by atoms with van der Waals surface area (Å²) in [5, 5.41) is 7.41. The number of amides is 1. The Morgan fingerprint density at radius 3 is 2.63 bits per heavy atom. The first-order valence-electron chi connectivity index (χ1n) is 9.18. The smallest absolute Gasteiger partial charge is 0.284 e. The average molecular weight is 407 g/mol. The van der Waals surface area contributed by atoms with E-state index in [1.54, 1.807) is 23.1 Å². The number of fused-ring (bicyclic) bond motifs is 1. The zero-order chi connectivity index (χ0) is 20.5. The Morgan fingerprint density at radius 1 is 1.10 bits per heavy atom. The number of hydrogen-bond acceptors (Lipinski definition) is 10. The normalized spacial score (nSPS) is 14.2. The molecule has 0 spiro atoms. The van der Waals surface area contributed by atoms with Gasteiger partial charge in [-0.3, -0.25) is 4.79 Å². The number of carbonyl (C=O) groups is 1. The molecule has 5 rings (SSSR count). The van der Waals surface area contributed by atoms with Gasteiger partial charge in [-0.2, -0.15) is 5.10 Å². The molecular formula is C18H17N9O3. The summed E-state index contributed by atoms with van der Waals surface area (Å²) < 4.78 is 12.1. The van der Waals surface area contributed by atoms with Gasteiger partial charge in [-0.25, -0.2) is 24.5 Å². The minimum absolute atomic E-state index is 0.0537. The fraction of sp³-hybridized carbons (Fsp3) is 0.222. The monoisotopic (exact) mass is 407 g/mol. The highest BCUT2D eigenvalue weighted by molar-refractivity contribution is 5.91. The van der Waals surface area contributed by atoms with Crippen LogP contribution in [0.5, 0.6) is 0 Å². The Bertz CT molecular complexity index is 1200. The van der Waals surface area contributed by atoms with Crippen molar-refractivity contribution in [2.45, 2.75) is 0 Å². The Morgan fingerprint density at radius 2 is 1.90 bits per heavy atom. The predicted molar refractivity (Wildman–Crippen MR) is 105 cm³/mol. The van der Waals surface area contributed by atoms with Crippen LogP contribution in [-0.2, 0) is 4.74 Å². The van der Waals surface area contributed by atoms with Gasteiger partial charge in [-0.1, -0.05) is 0 Å². The van der Waals surface area contributed by atoms with Crippen LogP contribution in [0, 0.1) is 0 Å². The number of morpholine rings is 1. The molecule has 1 aliphatic rings. The van der Waals surface area contributed by atoms with Crippen molar-refractivity contribution in [3.63, 3.8) is 0 Å². The predicted octanol–water partition coefficient (Wildman–Crippen LogP) is 0.853. The van der Waals surface area contributed by atoms with Gasteiger partial charge in [-0.15, -0.1) is 0 Å². The van der Waals surface area contributed by atoms with Crippen molar-refractivity contribution in [1.82, 2.24) is 29.5 Å². The number of nitrogens with one attached hydrogen (secondary N) is 1. The van der Waals surface area contributed by atoms with Crippen LogP contribution in [0.4, 0.5) is 17.5 Å². The lowest BCUT2D eigenvalue weighted by atomic mass is 10.2. The summed E-state index contributed by atoms with van der Waals surface area (Å²) in [6.45, 7) is 2.87. The van der Waals surface area contributed by atoms with E-state index >= 15 is 0 Å². The van der Waals surface area contributed by atoms with E-state index in [2.05, 4.69) is 35.3 Å². The van der Waals surface area contributed by atoms with E-state index in [0.717, 1.165) is 13.1 Å². The molecule has 0 unspecified atom stereocenters. The minimum Gasteiger partial charge on any atom is -0.458 e. The molecule has 1 fully saturated rings.